The van der Waals surface area contributed by atoms with Crippen LogP contribution in [0.5, 0.6) is 0 Å². The van der Waals surface area contributed by atoms with Crippen molar-refractivity contribution < 1.29 is 13.2 Å². The summed E-state index contributed by atoms with van der Waals surface area (Å²) in [5.41, 5.74) is 1.81. The van der Waals surface area contributed by atoms with E-state index in [4.69, 9.17) is 11.6 Å². The molecule has 6 nitrogen and oxygen atoms in total. The fraction of sp³-hybridized carbons (Fsp3) is 0.240. The van der Waals surface area contributed by atoms with Crippen LogP contribution in [-0.2, 0) is 16.6 Å². The fourth-order valence-electron chi connectivity index (χ4n) is 3.93. The molecule has 0 atom stereocenters. The molecule has 9 heteroatoms. The molecule has 3 aromatic rings. The Bertz CT molecular complexity index is 1200. The zero-order chi connectivity index (χ0) is 23.3. The third-order valence-electron chi connectivity index (χ3n) is 5.71. The molecule has 34 heavy (non-hydrogen) atoms. The number of benzene rings is 3. The van der Waals surface area contributed by atoms with Crippen LogP contribution in [0.2, 0.25) is 5.02 Å². The smallest absolute Gasteiger partial charge is 0.261 e. The number of nitrogens with one attached hydrogen (secondary N) is 2. The lowest BCUT2D eigenvalue weighted by atomic mass is 10.0. The van der Waals surface area contributed by atoms with Crippen molar-refractivity contribution in [3.8, 4) is 0 Å². The molecule has 4 rings (SSSR count). The van der Waals surface area contributed by atoms with E-state index in [0.29, 0.717) is 10.6 Å². The van der Waals surface area contributed by atoms with Crippen molar-refractivity contribution in [2.75, 3.05) is 17.8 Å². The quantitative estimate of drug-likeness (QED) is 0.462. The summed E-state index contributed by atoms with van der Waals surface area (Å²) in [5, 5.41) is 3.52. The Morgan fingerprint density at radius 2 is 1.53 bits per heavy atom. The Labute approximate surface area is 211 Å². The average Bonchev–Trinajstić information content (AvgIpc) is 2.81. The molecule has 0 bridgehead atoms. The zero-order valence-electron chi connectivity index (χ0n) is 18.5. The van der Waals surface area contributed by atoms with Crippen LogP contribution in [0.25, 0.3) is 0 Å². The van der Waals surface area contributed by atoms with Gasteiger partial charge in [0.1, 0.15) is 0 Å². The fourth-order valence-corrected chi connectivity index (χ4v) is 5.13. The summed E-state index contributed by atoms with van der Waals surface area (Å²) < 4.78 is 28.1. The predicted octanol–water partition coefficient (Wildman–Crippen LogP) is 4.96. The van der Waals surface area contributed by atoms with Gasteiger partial charge in [0, 0.05) is 30.7 Å². The molecule has 1 heterocycles. The van der Waals surface area contributed by atoms with Gasteiger partial charge in [-0.1, -0.05) is 54.1 Å². The van der Waals surface area contributed by atoms with Crippen LogP contribution < -0.4 is 10.0 Å². The summed E-state index contributed by atoms with van der Waals surface area (Å²) >= 11 is 5.86. The summed E-state index contributed by atoms with van der Waals surface area (Å²) in [6.07, 6.45) is 1.69. The number of rotatable bonds is 7. The number of likely N-dealkylation sites (tertiary alicyclic amines) is 1. The third kappa shape index (κ3) is 6.73. The minimum Gasteiger partial charge on any atom is -0.349 e. The van der Waals surface area contributed by atoms with Crippen molar-refractivity contribution in [2.45, 2.75) is 30.3 Å². The Morgan fingerprint density at radius 1 is 0.912 bits per heavy atom. The second-order valence-electron chi connectivity index (χ2n) is 8.11. The van der Waals surface area contributed by atoms with E-state index in [-0.39, 0.29) is 34.9 Å². The standard InChI is InChI=1S/C25H26ClN3O3S.ClH/c26-20-10-12-22(13-11-20)33(31,32)28-24-9-5-4-8-23(24)25(30)27-21-14-16-29(17-15-21)18-19-6-2-1-3-7-19;/h1-13,21,28H,14-18H2,(H,27,30);1H. The Morgan fingerprint density at radius 3 is 2.21 bits per heavy atom. The van der Waals surface area contributed by atoms with Gasteiger partial charge in [-0.15, -0.1) is 12.4 Å². The number of para-hydroxylation sites is 1. The van der Waals surface area contributed by atoms with Crippen LogP contribution >= 0.6 is 24.0 Å². The van der Waals surface area contributed by atoms with Crippen LogP contribution in [0.1, 0.15) is 28.8 Å². The van der Waals surface area contributed by atoms with Crippen molar-refractivity contribution in [1.82, 2.24) is 10.2 Å². The summed E-state index contributed by atoms with van der Waals surface area (Å²) in [7, 11) is -3.85. The van der Waals surface area contributed by atoms with Gasteiger partial charge in [-0.05, 0) is 54.8 Å². The lowest BCUT2D eigenvalue weighted by molar-refractivity contribution is 0.0910. The number of anilines is 1. The SMILES string of the molecule is Cl.O=C(NC1CCN(Cc2ccccc2)CC1)c1ccccc1NS(=O)(=O)c1ccc(Cl)cc1. The zero-order valence-corrected chi connectivity index (χ0v) is 20.9. The monoisotopic (exact) mass is 519 g/mol. The highest BCUT2D eigenvalue weighted by atomic mass is 35.5. The van der Waals surface area contributed by atoms with E-state index in [0.717, 1.165) is 32.5 Å². The Hall–Kier alpha value is -2.58. The van der Waals surface area contributed by atoms with Gasteiger partial charge in [-0.3, -0.25) is 14.4 Å². The van der Waals surface area contributed by atoms with Gasteiger partial charge in [0.15, 0.2) is 0 Å². The maximum Gasteiger partial charge on any atom is 0.261 e. The van der Waals surface area contributed by atoms with Crippen molar-refractivity contribution in [1.29, 1.82) is 0 Å². The van der Waals surface area contributed by atoms with Gasteiger partial charge in [-0.25, -0.2) is 8.42 Å². The average molecular weight is 520 g/mol. The number of piperidine rings is 1. The largest absolute Gasteiger partial charge is 0.349 e. The van der Waals surface area contributed by atoms with E-state index in [1.807, 2.05) is 18.2 Å². The summed E-state index contributed by atoms with van der Waals surface area (Å²) in [4.78, 5) is 15.5. The molecule has 1 saturated heterocycles. The first kappa shape index (κ1) is 26.0. The Kier molecular flexibility index (Phi) is 8.97. The second-order valence-corrected chi connectivity index (χ2v) is 10.2. The molecule has 0 aromatic heterocycles. The van der Waals surface area contributed by atoms with Crippen molar-refractivity contribution >= 4 is 45.6 Å². The maximum atomic E-state index is 13.0. The lowest BCUT2D eigenvalue weighted by Crippen LogP contribution is -2.44. The van der Waals surface area contributed by atoms with E-state index in [1.54, 1.807) is 24.3 Å². The van der Waals surface area contributed by atoms with Gasteiger partial charge in [0.05, 0.1) is 16.1 Å². The predicted molar refractivity (Wildman–Crippen MR) is 138 cm³/mol. The number of sulfonamides is 1. The minimum absolute atomic E-state index is 0. The minimum atomic E-state index is -3.85. The molecule has 0 saturated carbocycles. The van der Waals surface area contributed by atoms with Gasteiger partial charge >= 0.3 is 0 Å². The van der Waals surface area contributed by atoms with Gasteiger partial charge in [-0.2, -0.15) is 0 Å². The first-order chi connectivity index (χ1) is 15.9. The van der Waals surface area contributed by atoms with E-state index in [1.165, 1.54) is 29.8 Å². The van der Waals surface area contributed by atoms with Crippen LogP contribution in [-0.4, -0.2) is 38.4 Å². The Balaban J connectivity index is 0.00000324. The highest BCUT2D eigenvalue weighted by Gasteiger charge is 2.23. The van der Waals surface area contributed by atoms with Gasteiger partial charge < -0.3 is 5.32 Å². The van der Waals surface area contributed by atoms with E-state index in [2.05, 4.69) is 27.1 Å². The number of amides is 1. The molecule has 1 aliphatic heterocycles. The third-order valence-corrected chi connectivity index (χ3v) is 7.35. The van der Waals surface area contributed by atoms with E-state index < -0.39 is 10.0 Å². The van der Waals surface area contributed by atoms with E-state index >= 15 is 0 Å². The molecule has 0 aliphatic carbocycles. The molecule has 180 valence electrons. The molecule has 0 radical (unpaired) electrons. The van der Waals surface area contributed by atoms with Gasteiger partial charge in [0.25, 0.3) is 15.9 Å². The topological polar surface area (TPSA) is 78.5 Å². The highest BCUT2D eigenvalue weighted by Crippen LogP contribution is 2.22. The molecule has 1 amide bonds. The summed E-state index contributed by atoms with van der Waals surface area (Å²) in [6, 6.07) is 22.9. The number of hydrogen-bond donors (Lipinski definition) is 2. The molecular weight excluding hydrogens is 493 g/mol. The molecule has 0 spiro atoms. The van der Waals surface area contributed by atoms with Crippen LogP contribution in [0, 0.1) is 0 Å². The number of carbonyl (C=O) groups excluding carboxylic acids is 1. The number of halogens is 2. The summed E-state index contributed by atoms with van der Waals surface area (Å²) in [6.45, 7) is 2.69. The first-order valence-corrected chi connectivity index (χ1v) is 12.7. The molecule has 0 unspecified atom stereocenters. The maximum absolute atomic E-state index is 13.0. The molecule has 1 fully saturated rings. The van der Waals surface area contributed by atoms with Crippen molar-refractivity contribution in [3.05, 3.63) is 95.0 Å². The number of hydrogen-bond acceptors (Lipinski definition) is 4. The summed E-state index contributed by atoms with van der Waals surface area (Å²) in [5.74, 6) is -0.286. The van der Waals surface area contributed by atoms with Crippen molar-refractivity contribution in [2.24, 2.45) is 0 Å². The normalized spacial score (nSPS) is 14.7. The molecule has 3 aromatic carbocycles. The number of nitrogens with zero attached hydrogens (tertiary/aromatic N) is 1. The lowest BCUT2D eigenvalue weighted by Gasteiger charge is -2.32. The van der Waals surface area contributed by atoms with Crippen LogP contribution in [0.4, 0.5) is 5.69 Å². The van der Waals surface area contributed by atoms with Crippen LogP contribution in [0.15, 0.2) is 83.8 Å². The first-order valence-electron chi connectivity index (χ1n) is 10.9. The molecule has 1 aliphatic rings. The molecular formula is C25H27Cl2N3O3S. The second kappa shape index (κ2) is 11.7. The molecule has 2 N–H and O–H groups in total. The highest BCUT2D eigenvalue weighted by molar-refractivity contribution is 7.92. The van der Waals surface area contributed by atoms with E-state index in [9.17, 15) is 13.2 Å². The van der Waals surface area contributed by atoms with Crippen LogP contribution in [0.3, 0.4) is 0 Å². The van der Waals surface area contributed by atoms with Gasteiger partial charge in [0.2, 0.25) is 0 Å². The van der Waals surface area contributed by atoms with Crippen molar-refractivity contribution in [3.63, 3.8) is 0 Å². The number of carbonyl (C=O) groups is 1.